The summed E-state index contributed by atoms with van der Waals surface area (Å²) >= 11 is 1.65. The highest BCUT2D eigenvalue weighted by molar-refractivity contribution is 7.16. The lowest BCUT2D eigenvalue weighted by Gasteiger charge is -2.10. The molecule has 1 aromatic carbocycles. The van der Waals surface area contributed by atoms with E-state index in [0.29, 0.717) is 5.82 Å². The Labute approximate surface area is 161 Å². The molecular formula is C21H18N4OS. The quantitative estimate of drug-likeness (QED) is 0.528. The van der Waals surface area contributed by atoms with Crippen molar-refractivity contribution in [1.29, 1.82) is 0 Å². The van der Waals surface area contributed by atoms with E-state index in [1.807, 2.05) is 66.1 Å². The van der Waals surface area contributed by atoms with E-state index < -0.39 is 0 Å². The normalized spacial score (nSPS) is 12.5. The first-order valence-corrected chi connectivity index (χ1v) is 9.46. The number of fused-ring (bicyclic) bond motifs is 1. The molecule has 0 radical (unpaired) electrons. The molecule has 1 atom stereocenters. The van der Waals surface area contributed by atoms with Gasteiger partial charge in [-0.15, -0.1) is 21.5 Å². The van der Waals surface area contributed by atoms with E-state index >= 15 is 0 Å². The van der Waals surface area contributed by atoms with E-state index in [2.05, 4.69) is 33.7 Å². The van der Waals surface area contributed by atoms with Gasteiger partial charge in [-0.3, -0.25) is 9.20 Å². The van der Waals surface area contributed by atoms with E-state index in [9.17, 15) is 4.79 Å². The molecule has 6 heteroatoms. The average molecular weight is 374 g/mol. The fourth-order valence-corrected chi connectivity index (χ4v) is 3.76. The zero-order valence-electron chi connectivity index (χ0n) is 14.7. The van der Waals surface area contributed by atoms with Gasteiger partial charge >= 0.3 is 0 Å². The Morgan fingerprint density at radius 1 is 1.07 bits per heavy atom. The Balaban J connectivity index is 1.43. The van der Waals surface area contributed by atoms with Gasteiger partial charge in [0, 0.05) is 22.0 Å². The number of hydrogen-bond donors (Lipinski definition) is 1. The maximum Gasteiger partial charge on any atom is 0.244 e. The van der Waals surface area contributed by atoms with Gasteiger partial charge in [-0.1, -0.05) is 36.4 Å². The summed E-state index contributed by atoms with van der Waals surface area (Å²) in [6, 6.07) is 19.7. The van der Waals surface area contributed by atoms with Crippen molar-refractivity contribution in [3.05, 3.63) is 83.6 Å². The summed E-state index contributed by atoms with van der Waals surface area (Å²) in [5.41, 5.74) is 1.94. The molecule has 0 saturated heterocycles. The zero-order chi connectivity index (χ0) is 18.6. The molecule has 0 bridgehead atoms. The van der Waals surface area contributed by atoms with Gasteiger partial charge in [0.15, 0.2) is 11.5 Å². The lowest BCUT2D eigenvalue weighted by atomic mass is 10.2. The number of carbonyl (C=O) groups excluding carboxylic acids is 1. The van der Waals surface area contributed by atoms with E-state index in [1.165, 1.54) is 10.4 Å². The topological polar surface area (TPSA) is 59.3 Å². The standard InChI is InChI=1S/C21H18N4OS/c1-15(21-24-23-19-9-5-6-14-25(19)21)22-20(26)13-11-17-10-12-18(27-17)16-7-3-2-4-8-16/h2-15H,1H3,(H,22,26)/b13-11+. The van der Waals surface area contributed by atoms with Crippen LogP contribution in [0.3, 0.4) is 0 Å². The lowest BCUT2D eigenvalue weighted by molar-refractivity contribution is -0.117. The van der Waals surface area contributed by atoms with Crippen LogP contribution < -0.4 is 5.32 Å². The van der Waals surface area contributed by atoms with Gasteiger partial charge in [-0.2, -0.15) is 0 Å². The number of rotatable bonds is 5. The van der Waals surface area contributed by atoms with E-state index in [0.717, 1.165) is 10.5 Å². The maximum absolute atomic E-state index is 12.3. The minimum Gasteiger partial charge on any atom is -0.343 e. The van der Waals surface area contributed by atoms with Crippen molar-refractivity contribution in [3.8, 4) is 10.4 Å². The van der Waals surface area contributed by atoms with Crippen molar-refractivity contribution >= 4 is 29.0 Å². The molecule has 1 unspecified atom stereocenters. The van der Waals surface area contributed by atoms with Crippen LogP contribution in [0, 0.1) is 0 Å². The molecule has 134 valence electrons. The SMILES string of the molecule is CC(NC(=O)/C=C/c1ccc(-c2ccccc2)s1)c1nnc2ccccn12. The minimum atomic E-state index is -0.247. The number of hydrogen-bond acceptors (Lipinski definition) is 4. The Kier molecular flexibility index (Phi) is 4.80. The first-order valence-electron chi connectivity index (χ1n) is 8.64. The van der Waals surface area contributed by atoms with Crippen molar-refractivity contribution < 1.29 is 4.79 Å². The first-order chi connectivity index (χ1) is 13.2. The molecule has 3 aromatic heterocycles. The van der Waals surface area contributed by atoms with Crippen molar-refractivity contribution in [2.24, 2.45) is 0 Å². The Morgan fingerprint density at radius 2 is 1.89 bits per heavy atom. The van der Waals surface area contributed by atoms with Crippen LogP contribution in [0.15, 0.2) is 72.9 Å². The van der Waals surface area contributed by atoms with Crippen LogP contribution in [0.5, 0.6) is 0 Å². The third-order valence-electron chi connectivity index (χ3n) is 4.17. The maximum atomic E-state index is 12.3. The van der Waals surface area contributed by atoms with Crippen molar-refractivity contribution in [1.82, 2.24) is 19.9 Å². The second kappa shape index (κ2) is 7.55. The number of pyridine rings is 1. The summed E-state index contributed by atoms with van der Waals surface area (Å²) in [6.07, 6.45) is 5.28. The number of benzene rings is 1. The van der Waals surface area contributed by atoms with Gasteiger partial charge < -0.3 is 5.32 Å². The summed E-state index contributed by atoms with van der Waals surface area (Å²) in [4.78, 5) is 14.5. The monoisotopic (exact) mass is 374 g/mol. The van der Waals surface area contributed by atoms with Gasteiger partial charge in [0.25, 0.3) is 0 Å². The highest BCUT2D eigenvalue weighted by Crippen LogP contribution is 2.28. The van der Waals surface area contributed by atoms with Crippen LogP contribution in [-0.4, -0.2) is 20.5 Å². The van der Waals surface area contributed by atoms with E-state index in [1.54, 1.807) is 17.4 Å². The molecule has 0 spiro atoms. The fraction of sp³-hybridized carbons (Fsp3) is 0.0952. The molecule has 4 aromatic rings. The van der Waals surface area contributed by atoms with Crippen LogP contribution in [0.4, 0.5) is 0 Å². The van der Waals surface area contributed by atoms with Crippen molar-refractivity contribution in [2.45, 2.75) is 13.0 Å². The zero-order valence-corrected chi connectivity index (χ0v) is 15.6. The van der Waals surface area contributed by atoms with E-state index in [4.69, 9.17) is 0 Å². The molecule has 0 fully saturated rings. The molecule has 1 N–H and O–H groups in total. The Hall–Kier alpha value is -3.25. The first kappa shape index (κ1) is 17.2. The number of carbonyl (C=O) groups is 1. The number of nitrogens with one attached hydrogen (secondary N) is 1. The summed E-state index contributed by atoms with van der Waals surface area (Å²) in [5.74, 6) is 0.541. The summed E-state index contributed by atoms with van der Waals surface area (Å²) < 4.78 is 1.88. The second-order valence-electron chi connectivity index (χ2n) is 6.12. The molecule has 3 heterocycles. The Bertz CT molecular complexity index is 1100. The highest BCUT2D eigenvalue weighted by Gasteiger charge is 2.14. The molecule has 0 aliphatic rings. The fourth-order valence-electron chi connectivity index (χ4n) is 2.84. The molecule has 0 aliphatic carbocycles. The lowest BCUT2D eigenvalue weighted by Crippen LogP contribution is -2.26. The molecule has 27 heavy (non-hydrogen) atoms. The molecular weight excluding hydrogens is 356 g/mol. The number of thiophene rings is 1. The van der Waals surface area contributed by atoms with Gasteiger partial charge in [0.1, 0.15) is 0 Å². The van der Waals surface area contributed by atoms with Crippen LogP contribution in [0.1, 0.15) is 23.7 Å². The molecule has 0 saturated carbocycles. The molecule has 4 rings (SSSR count). The van der Waals surface area contributed by atoms with Gasteiger partial charge in [-0.25, -0.2) is 0 Å². The van der Waals surface area contributed by atoms with Crippen molar-refractivity contribution in [3.63, 3.8) is 0 Å². The third kappa shape index (κ3) is 3.80. The van der Waals surface area contributed by atoms with Crippen LogP contribution in [-0.2, 0) is 4.79 Å². The Morgan fingerprint density at radius 3 is 2.74 bits per heavy atom. The van der Waals surface area contributed by atoms with Crippen molar-refractivity contribution in [2.75, 3.05) is 0 Å². The summed E-state index contributed by atoms with van der Waals surface area (Å²) in [7, 11) is 0. The molecule has 5 nitrogen and oxygen atoms in total. The predicted molar refractivity (Wildman–Crippen MR) is 108 cm³/mol. The van der Waals surface area contributed by atoms with Crippen LogP contribution in [0.2, 0.25) is 0 Å². The minimum absolute atomic E-state index is 0.162. The summed E-state index contributed by atoms with van der Waals surface area (Å²) in [6.45, 7) is 1.90. The molecule has 1 amide bonds. The third-order valence-corrected chi connectivity index (χ3v) is 5.27. The van der Waals surface area contributed by atoms with Crippen LogP contribution in [0.25, 0.3) is 22.2 Å². The van der Waals surface area contributed by atoms with Crippen LogP contribution >= 0.6 is 11.3 Å². The smallest absolute Gasteiger partial charge is 0.244 e. The summed E-state index contributed by atoms with van der Waals surface area (Å²) in [5, 5.41) is 11.2. The highest BCUT2D eigenvalue weighted by atomic mass is 32.1. The van der Waals surface area contributed by atoms with E-state index in [-0.39, 0.29) is 11.9 Å². The van der Waals surface area contributed by atoms with Gasteiger partial charge in [0.05, 0.1) is 6.04 Å². The van der Waals surface area contributed by atoms with Gasteiger partial charge in [0.2, 0.25) is 5.91 Å². The number of nitrogens with zero attached hydrogens (tertiary/aromatic N) is 3. The average Bonchev–Trinajstić information content (AvgIpc) is 3.34. The molecule has 0 aliphatic heterocycles. The largest absolute Gasteiger partial charge is 0.343 e. The number of aromatic nitrogens is 3. The number of amides is 1. The second-order valence-corrected chi connectivity index (χ2v) is 7.23. The van der Waals surface area contributed by atoms with Gasteiger partial charge in [-0.05, 0) is 42.8 Å². The predicted octanol–water partition coefficient (Wildman–Crippen LogP) is 4.35.